The van der Waals surface area contributed by atoms with Gasteiger partial charge in [0.2, 0.25) is 0 Å². The zero-order valence-electron chi connectivity index (χ0n) is 11.0. The van der Waals surface area contributed by atoms with E-state index in [1.165, 1.54) is 16.0 Å². The number of aromatic nitrogens is 1. The van der Waals surface area contributed by atoms with Gasteiger partial charge in [-0.15, -0.1) is 11.3 Å². The van der Waals surface area contributed by atoms with Crippen LogP contribution >= 0.6 is 11.3 Å². The van der Waals surface area contributed by atoms with E-state index in [9.17, 15) is 0 Å². The van der Waals surface area contributed by atoms with Gasteiger partial charge in [-0.2, -0.15) is 0 Å². The fourth-order valence-electron chi connectivity index (χ4n) is 1.99. The van der Waals surface area contributed by atoms with Gasteiger partial charge in [0.1, 0.15) is 0 Å². The Morgan fingerprint density at radius 1 is 1.21 bits per heavy atom. The average molecular weight is 273 g/mol. The zero-order valence-corrected chi connectivity index (χ0v) is 11.8. The van der Waals surface area contributed by atoms with Crippen LogP contribution < -0.4 is 0 Å². The summed E-state index contributed by atoms with van der Waals surface area (Å²) in [4.78, 5) is 5.49. The topological polar surface area (TPSA) is 33.1 Å². The fraction of sp³-hybridized carbons (Fsp3) is 0.312. The zero-order chi connectivity index (χ0) is 13.3. The molecule has 0 atom stereocenters. The summed E-state index contributed by atoms with van der Waals surface area (Å²) in [5, 5.41) is 10.9. The van der Waals surface area contributed by atoms with Crippen LogP contribution in [-0.4, -0.2) is 16.7 Å². The normalized spacial score (nSPS) is 11.7. The lowest BCUT2D eigenvalue weighted by Gasteiger charge is -2.05. The summed E-state index contributed by atoms with van der Waals surface area (Å²) in [7, 11) is 0. The van der Waals surface area contributed by atoms with Crippen molar-refractivity contribution in [1.29, 1.82) is 0 Å². The molecular weight excluding hydrogens is 254 g/mol. The molecule has 0 radical (unpaired) electrons. The molecule has 2 nitrogen and oxygen atoms in total. The molecule has 0 aliphatic rings. The third kappa shape index (κ3) is 4.30. The summed E-state index contributed by atoms with van der Waals surface area (Å²) in [6.07, 6.45) is 10.2. The smallest absolute Gasteiger partial charge is 0.0431 e. The van der Waals surface area contributed by atoms with Crippen molar-refractivity contribution < 1.29 is 5.11 Å². The molecule has 2 heterocycles. The molecular formula is C16H19NOS. The molecule has 0 saturated heterocycles. The highest BCUT2D eigenvalue weighted by atomic mass is 32.1. The maximum Gasteiger partial charge on any atom is 0.0431 e. The van der Waals surface area contributed by atoms with Crippen LogP contribution in [0.1, 0.15) is 36.1 Å². The monoisotopic (exact) mass is 273 g/mol. The van der Waals surface area contributed by atoms with E-state index < -0.39 is 0 Å². The molecule has 2 rings (SSSR count). The van der Waals surface area contributed by atoms with Crippen LogP contribution in [0.5, 0.6) is 0 Å². The molecule has 0 aromatic carbocycles. The van der Waals surface area contributed by atoms with Crippen LogP contribution in [0.3, 0.4) is 0 Å². The van der Waals surface area contributed by atoms with Gasteiger partial charge in [-0.3, -0.25) is 4.98 Å². The highest BCUT2D eigenvalue weighted by Crippen LogP contribution is 2.27. The van der Waals surface area contributed by atoms with E-state index >= 15 is 0 Å². The van der Waals surface area contributed by atoms with Crippen molar-refractivity contribution >= 4 is 16.9 Å². The molecule has 0 saturated carbocycles. The number of thiophene rings is 1. The lowest BCUT2D eigenvalue weighted by molar-refractivity contribution is 0.283. The van der Waals surface area contributed by atoms with Gasteiger partial charge in [0.25, 0.3) is 0 Å². The van der Waals surface area contributed by atoms with Gasteiger partial charge in [0.05, 0.1) is 0 Å². The van der Waals surface area contributed by atoms with Gasteiger partial charge in [0.15, 0.2) is 0 Å². The van der Waals surface area contributed by atoms with Crippen molar-refractivity contribution in [2.24, 2.45) is 0 Å². The van der Waals surface area contributed by atoms with Crippen molar-refractivity contribution in [2.75, 3.05) is 6.61 Å². The first-order chi connectivity index (χ1) is 9.42. The van der Waals surface area contributed by atoms with E-state index in [1.54, 1.807) is 17.5 Å². The average Bonchev–Trinajstić information content (AvgIpc) is 2.98. The van der Waals surface area contributed by atoms with Gasteiger partial charge in [-0.05, 0) is 42.3 Å². The Balaban J connectivity index is 2.09. The number of rotatable bonds is 7. The summed E-state index contributed by atoms with van der Waals surface area (Å²) in [6, 6.07) is 8.31. The Bertz CT molecular complexity index is 491. The number of nitrogens with zero attached hydrogens (tertiary/aromatic N) is 1. The third-order valence-electron chi connectivity index (χ3n) is 2.97. The van der Waals surface area contributed by atoms with Crippen molar-refractivity contribution in [3.8, 4) is 0 Å². The maximum absolute atomic E-state index is 8.78. The van der Waals surface area contributed by atoms with E-state index in [1.807, 2.05) is 12.3 Å². The molecule has 1 N–H and O–H groups in total. The Kier molecular flexibility index (Phi) is 5.79. The Morgan fingerprint density at radius 2 is 2.16 bits per heavy atom. The van der Waals surface area contributed by atoms with Gasteiger partial charge < -0.3 is 5.11 Å². The highest BCUT2D eigenvalue weighted by Gasteiger charge is 2.05. The third-order valence-corrected chi connectivity index (χ3v) is 3.87. The number of allylic oxidation sites excluding steroid dienone is 1. The van der Waals surface area contributed by atoms with Crippen LogP contribution in [0.25, 0.3) is 5.57 Å². The van der Waals surface area contributed by atoms with Gasteiger partial charge >= 0.3 is 0 Å². The van der Waals surface area contributed by atoms with Gasteiger partial charge in [-0.1, -0.05) is 24.6 Å². The molecule has 2 aromatic rings. The minimum absolute atomic E-state index is 0.296. The standard InChI is InChI=1S/C16H19NOS/c18-11-4-2-1-3-8-15(16-9-6-12-19-16)14-7-5-10-17-13-14/h5-10,12-13,18H,1-4,11H2. The number of pyridine rings is 1. The number of aliphatic hydroxyl groups excluding tert-OH is 1. The molecule has 0 unspecified atom stereocenters. The largest absolute Gasteiger partial charge is 0.396 e. The molecule has 19 heavy (non-hydrogen) atoms. The van der Waals surface area contributed by atoms with E-state index in [0.717, 1.165) is 25.7 Å². The summed E-state index contributed by atoms with van der Waals surface area (Å²) < 4.78 is 0. The van der Waals surface area contributed by atoms with E-state index in [4.69, 9.17) is 5.11 Å². The molecule has 100 valence electrons. The number of unbranched alkanes of at least 4 members (excludes halogenated alkanes) is 3. The first-order valence-corrected chi connectivity index (χ1v) is 7.55. The minimum atomic E-state index is 0.296. The Hall–Kier alpha value is -1.45. The van der Waals surface area contributed by atoms with E-state index in [0.29, 0.717) is 6.61 Å². The first kappa shape index (κ1) is 14.0. The highest BCUT2D eigenvalue weighted by molar-refractivity contribution is 7.11. The van der Waals surface area contributed by atoms with Crippen LogP contribution in [0.4, 0.5) is 0 Å². The van der Waals surface area contributed by atoms with E-state index in [-0.39, 0.29) is 0 Å². The molecule has 0 amide bonds. The van der Waals surface area contributed by atoms with Gasteiger partial charge in [0, 0.05) is 29.4 Å². The molecule has 0 bridgehead atoms. The lowest BCUT2D eigenvalue weighted by atomic mass is 10.0. The molecule has 0 aliphatic heterocycles. The predicted molar refractivity (Wildman–Crippen MR) is 81.2 cm³/mol. The molecule has 0 spiro atoms. The van der Waals surface area contributed by atoms with Crippen LogP contribution in [0.15, 0.2) is 48.1 Å². The summed E-state index contributed by atoms with van der Waals surface area (Å²) >= 11 is 1.76. The van der Waals surface area contributed by atoms with Crippen molar-refractivity contribution in [1.82, 2.24) is 4.98 Å². The number of hydrogen-bond donors (Lipinski definition) is 1. The van der Waals surface area contributed by atoms with Crippen LogP contribution in [0.2, 0.25) is 0 Å². The van der Waals surface area contributed by atoms with Crippen molar-refractivity contribution in [3.63, 3.8) is 0 Å². The summed E-state index contributed by atoms with van der Waals surface area (Å²) in [5.74, 6) is 0. The van der Waals surface area contributed by atoms with Crippen molar-refractivity contribution in [2.45, 2.75) is 25.7 Å². The number of aliphatic hydroxyl groups is 1. The van der Waals surface area contributed by atoms with Crippen LogP contribution in [0, 0.1) is 0 Å². The van der Waals surface area contributed by atoms with E-state index in [2.05, 4.69) is 34.6 Å². The predicted octanol–water partition coefficient (Wildman–Crippen LogP) is 4.13. The first-order valence-electron chi connectivity index (χ1n) is 6.67. The fourth-order valence-corrected chi connectivity index (χ4v) is 2.78. The SMILES string of the molecule is OCCCCCC=C(c1cccnc1)c1cccs1. The van der Waals surface area contributed by atoms with Crippen LogP contribution in [-0.2, 0) is 0 Å². The Morgan fingerprint density at radius 3 is 2.84 bits per heavy atom. The molecule has 0 fully saturated rings. The quantitative estimate of drug-likeness (QED) is 0.769. The second kappa shape index (κ2) is 7.87. The van der Waals surface area contributed by atoms with Gasteiger partial charge in [-0.25, -0.2) is 0 Å². The van der Waals surface area contributed by atoms with Crippen molar-refractivity contribution in [3.05, 3.63) is 58.6 Å². The molecule has 3 heteroatoms. The minimum Gasteiger partial charge on any atom is -0.396 e. The molecule has 2 aromatic heterocycles. The summed E-state index contributed by atoms with van der Waals surface area (Å²) in [6.45, 7) is 0.296. The Labute approximate surface area is 118 Å². The maximum atomic E-state index is 8.78. The lowest BCUT2D eigenvalue weighted by Crippen LogP contribution is -1.87. The number of hydrogen-bond acceptors (Lipinski definition) is 3. The molecule has 0 aliphatic carbocycles. The summed E-state index contributed by atoms with van der Waals surface area (Å²) in [5.41, 5.74) is 2.44. The second-order valence-corrected chi connectivity index (χ2v) is 5.36. The second-order valence-electron chi connectivity index (χ2n) is 4.41.